The van der Waals surface area contributed by atoms with Gasteiger partial charge in [0.15, 0.2) is 0 Å². The Morgan fingerprint density at radius 2 is 2.11 bits per heavy atom. The van der Waals surface area contributed by atoms with Crippen molar-refractivity contribution < 1.29 is 0 Å². The third-order valence-electron chi connectivity index (χ3n) is 4.81. The van der Waals surface area contributed by atoms with E-state index in [-0.39, 0.29) is 0 Å². The van der Waals surface area contributed by atoms with Crippen LogP contribution in [0.25, 0.3) is 0 Å². The molecule has 0 amide bonds. The lowest BCUT2D eigenvalue weighted by Gasteiger charge is -2.33. The van der Waals surface area contributed by atoms with Crippen molar-refractivity contribution in [3.63, 3.8) is 0 Å². The molecular weight excluding hydrogens is 304 g/mol. The highest BCUT2D eigenvalue weighted by atomic mass is 79.9. The first kappa shape index (κ1) is 12.3. The summed E-state index contributed by atoms with van der Waals surface area (Å²) in [6.45, 7) is 4.78. The Labute approximate surface area is 122 Å². The lowest BCUT2D eigenvalue weighted by atomic mass is 9.97. The van der Waals surface area contributed by atoms with Gasteiger partial charge >= 0.3 is 0 Å². The van der Waals surface area contributed by atoms with Crippen LogP contribution in [-0.4, -0.2) is 43.6 Å². The molecule has 2 aliphatic heterocycles. The molecule has 2 fully saturated rings. The summed E-state index contributed by atoms with van der Waals surface area (Å²) < 4.78 is 2.83. The predicted molar refractivity (Wildman–Crippen MR) is 77.7 cm³/mol. The van der Waals surface area contributed by atoms with Gasteiger partial charge in [0.25, 0.3) is 0 Å². The van der Waals surface area contributed by atoms with Gasteiger partial charge in [-0.3, -0.25) is 0 Å². The van der Waals surface area contributed by atoms with Crippen LogP contribution in [0.3, 0.4) is 0 Å². The second kappa shape index (κ2) is 4.55. The van der Waals surface area contributed by atoms with Gasteiger partial charge in [0.2, 0.25) is 0 Å². The van der Waals surface area contributed by atoms with Gasteiger partial charge in [0, 0.05) is 36.3 Å². The number of aryl methyl sites for hydroxylation is 1. The molecule has 4 nitrogen and oxygen atoms in total. The molecular formula is C14H21BrN4. The molecule has 0 spiro atoms. The van der Waals surface area contributed by atoms with Crippen molar-refractivity contribution in [2.24, 2.45) is 0 Å². The topological polar surface area (TPSA) is 34.0 Å². The van der Waals surface area contributed by atoms with Gasteiger partial charge < -0.3 is 9.47 Å². The number of piperidine rings is 1. The zero-order chi connectivity index (χ0) is 12.9. The molecule has 0 aromatic carbocycles. The van der Waals surface area contributed by atoms with Gasteiger partial charge in [-0.05, 0) is 38.6 Å². The molecule has 1 saturated carbocycles. The molecule has 104 valence electrons. The van der Waals surface area contributed by atoms with E-state index in [0.29, 0.717) is 10.2 Å². The molecule has 0 bridgehead atoms. The maximum atomic E-state index is 4.48. The zero-order valence-corrected chi connectivity index (χ0v) is 12.9. The highest BCUT2D eigenvalue weighted by molar-refractivity contribution is 9.10. The Bertz CT molecular complexity index is 480. The average Bonchev–Trinajstić information content (AvgIpc) is 2.82. The molecule has 3 aliphatic rings. The van der Waals surface area contributed by atoms with Crippen LogP contribution in [0.1, 0.15) is 49.7 Å². The standard InChI is InChI=1S/C14H21BrN4/c15-14(5-6-14)10-18-7-1-3-11(9-18)13-17-16-12-4-2-8-19(12)13/h11H,1-10H2/t11-/m1/s1. The minimum Gasteiger partial charge on any atom is -0.315 e. The van der Waals surface area contributed by atoms with Crippen LogP contribution in [-0.2, 0) is 13.0 Å². The largest absolute Gasteiger partial charge is 0.315 e. The monoisotopic (exact) mass is 324 g/mol. The predicted octanol–water partition coefficient (Wildman–Crippen LogP) is 2.33. The van der Waals surface area contributed by atoms with Crippen molar-refractivity contribution in [1.29, 1.82) is 0 Å². The first-order valence-electron chi connectivity index (χ1n) is 7.57. The molecule has 0 radical (unpaired) electrons. The molecule has 3 heterocycles. The number of hydrogen-bond donors (Lipinski definition) is 0. The van der Waals surface area contributed by atoms with Crippen LogP contribution in [0.5, 0.6) is 0 Å². The van der Waals surface area contributed by atoms with E-state index >= 15 is 0 Å². The summed E-state index contributed by atoms with van der Waals surface area (Å²) in [5.41, 5.74) is 0. The molecule has 0 unspecified atom stereocenters. The minimum absolute atomic E-state index is 0.446. The average molecular weight is 325 g/mol. The maximum absolute atomic E-state index is 4.48. The molecule has 1 aromatic heterocycles. The van der Waals surface area contributed by atoms with Crippen LogP contribution in [0, 0.1) is 0 Å². The molecule has 5 heteroatoms. The van der Waals surface area contributed by atoms with Crippen molar-refractivity contribution >= 4 is 15.9 Å². The number of halogens is 1. The van der Waals surface area contributed by atoms with E-state index in [0.717, 1.165) is 13.0 Å². The highest BCUT2D eigenvalue weighted by Gasteiger charge is 2.42. The quantitative estimate of drug-likeness (QED) is 0.800. The number of nitrogens with zero attached hydrogens (tertiary/aromatic N) is 4. The first-order valence-corrected chi connectivity index (χ1v) is 8.36. The minimum atomic E-state index is 0.446. The van der Waals surface area contributed by atoms with Gasteiger partial charge in [-0.2, -0.15) is 0 Å². The molecule has 1 atom stereocenters. The second-order valence-electron chi connectivity index (χ2n) is 6.45. The van der Waals surface area contributed by atoms with Gasteiger partial charge in [-0.25, -0.2) is 0 Å². The van der Waals surface area contributed by atoms with E-state index in [1.54, 1.807) is 0 Å². The maximum Gasteiger partial charge on any atom is 0.137 e. The number of alkyl halides is 1. The van der Waals surface area contributed by atoms with E-state index < -0.39 is 0 Å². The summed E-state index contributed by atoms with van der Waals surface area (Å²) in [6.07, 6.45) is 7.63. The fraction of sp³-hybridized carbons (Fsp3) is 0.857. The first-order chi connectivity index (χ1) is 9.23. The third kappa shape index (κ3) is 2.35. The SMILES string of the molecule is BrC1(CN2CCC[C@@H](c3nnc4n3CCC4)C2)CC1. The molecule has 1 saturated heterocycles. The fourth-order valence-corrected chi connectivity index (χ4v) is 4.13. The summed E-state index contributed by atoms with van der Waals surface area (Å²) in [6, 6.07) is 0. The van der Waals surface area contributed by atoms with E-state index in [4.69, 9.17) is 0 Å². The number of aromatic nitrogens is 3. The van der Waals surface area contributed by atoms with Crippen LogP contribution in [0.15, 0.2) is 0 Å². The van der Waals surface area contributed by atoms with E-state index in [2.05, 4.69) is 35.6 Å². The third-order valence-corrected chi connectivity index (χ3v) is 5.85. The van der Waals surface area contributed by atoms with Crippen LogP contribution >= 0.6 is 15.9 Å². The van der Waals surface area contributed by atoms with Gasteiger partial charge in [-0.15, -0.1) is 10.2 Å². The Hall–Kier alpha value is -0.420. The van der Waals surface area contributed by atoms with Gasteiger partial charge in [0.1, 0.15) is 11.6 Å². The number of likely N-dealkylation sites (tertiary alicyclic amines) is 1. The van der Waals surface area contributed by atoms with Crippen LogP contribution in [0.4, 0.5) is 0 Å². The summed E-state index contributed by atoms with van der Waals surface area (Å²) >= 11 is 3.87. The van der Waals surface area contributed by atoms with Crippen molar-refractivity contribution in [3.05, 3.63) is 11.6 Å². The van der Waals surface area contributed by atoms with Crippen LogP contribution < -0.4 is 0 Å². The summed E-state index contributed by atoms with van der Waals surface area (Å²) in [7, 11) is 0. The van der Waals surface area contributed by atoms with Crippen molar-refractivity contribution in [2.45, 2.75) is 55.3 Å². The van der Waals surface area contributed by atoms with Crippen molar-refractivity contribution in [2.75, 3.05) is 19.6 Å². The fourth-order valence-electron chi connectivity index (χ4n) is 3.58. The Morgan fingerprint density at radius 1 is 1.21 bits per heavy atom. The normalized spacial score (nSPS) is 29.4. The molecule has 1 aromatic rings. The molecule has 19 heavy (non-hydrogen) atoms. The lowest BCUT2D eigenvalue weighted by molar-refractivity contribution is 0.201. The summed E-state index contributed by atoms with van der Waals surface area (Å²) in [5, 5.41) is 8.85. The highest BCUT2D eigenvalue weighted by Crippen LogP contribution is 2.45. The smallest absolute Gasteiger partial charge is 0.137 e. The van der Waals surface area contributed by atoms with E-state index in [1.807, 2.05) is 0 Å². The number of hydrogen-bond acceptors (Lipinski definition) is 3. The lowest BCUT2D eigenvalue weighted by Crippen LogP contribution is -2.39. The second-order valence-corrected chi connectivity index (χ2v) is 8.14. The van der Waals surface area contributed by atoms with Crippen molar-refractivity contribution in [1.82, 2.24) is 19.7 Å². The van der Waals surface area contributed by atoms with E-state index in [1.165, 1.54) is 63.4 Å². The van der Waals surface area contributed by atoms with Crippen LogP contribution in [0.2, 0.25) is 0 Å². The Kier molecular flexibility index (Phi) is 2.95. The molecule has 4 rings (SSSR count). The molecule has 1 aliphatic carbocycles. The summed E-state index contributed by atoms with van der Waals surface area (Å²) in [5.74, 6) is 3.07. The number of rotatable bonds is 3. The van der Waals surface area contributed by atoms with Crippen molar-refractivity contribution in [3.8, 4) is 0 Å². The Balaban J connectivity index is 1.48. The van der Waals surface area contributed by atoms with Gasteiger partial charge in [-0.1, -0.05) is 15.9 Å². The van der Waals surface area contributed by atoms with E-state index in [9.17, 15) is 0 Å². The Morgan fingerprint density at radius 3 is 2.95 bits per heavy atom. The van der Waals surface area contributed by atoms with Gasteiger partial charge in [0.05, 0.1) is 0 Å². The zero-order valence-electron chi connectivity index (χ0n) is 11.3. The molecule has 0 N–H and O–H groups in total. The summed E-state index contributed by atoms with van der Waals surface area (Å²) in [4.78, 5) is 2.63. The number of fused-ring (bicyclic) bond motifs is 1.